The van der Waals surface area contributed by atoms with Gasteiger partial charge in [0, 0.05) is 13.1 Å². The molecule has 0 aliphatic carbocycles. The van der Waals surface area contributed by atoms with E-state index in [9.17, 15) is 0 Å². The first kappa shape index (κ1) is 10.3. The molecule has 1 saturated heterocycles. The van der Waals surface area contributed by atoms with Gasteiger partial charge in [0.25, 0.3) is 0 Å². The van der Waals surface area contributed by atoms with Gasteiger partial charge >= 0.3 is 0 Å². The van der Waals surface area contributed by atoms with Gasteiger partial charge in [-0.25, -0.2) is 0 Å². The van der Waals surface area contributed by atoms with E-state index in [-0.39, 0.29) is 18.0 Å². The fourth-order valence-corrected chi connectivity index (χ4v) is 1.67. The van der Waals surface area contributed by atoms with Crippen molar-refractivity contribution in [2.24, 2.45) is 10.9 Å². The molecule has 0 aromatic rings. The molecule has 0 aromatic carbocycles. The fourth-order valence-electron chi connectivity index (χ4n) is 1.67. The van der Waals surface area contributed by atoms with E-state index < -0.39 is 0 Å². The van der Waals surface area contributed by atoms with Crippen molar-refractivity contribution < 1.29 is 9.94 Å². The average molecular weight is 187 g/mol. The summed E-state index contributed by atoms with van der Waals surface area (Å²) < 4.78 is 5.55. The second-order valence-corrected chi connectivity index (χ2v) is 3.54. The summed E-state index contributed by atoms with van der Waals surface area (Å²) in [6.07, 6.45) is 0.436. The first-order valence-electron chi connectivity index (χ1n) is 4.46. The molecule has 1 heterocycles. The lowest BCUT2D eigenvalue weighted by Gasteiger charge is -2.34. The minimum Gasteiger partial charge on any atom is -0.409 e. The maximum Gasteiger partial charge on any atom is 0.153 e. The molecule has 0 aromatic heterocycles. The molecule has 0 spiro atoms. The number of ether oxygens (including phenoxy) is 1. The van der Waals surface area contributed by atoms with Crippen LogP contribution in [0, 0.1) is 0 Å². The van der Waals surface area contributed by atoms with Crippen molar-refractivity contribution in [3.63, 3.8) is 0 Å². The standard InChI is InChI=1S/C8H17N3O2/c1-6-3-11(4-7(2)13-6)5-8(9)10-12/h6-7,12H,3-5H2,1-2H3,(H2,9,10)/t6-,7+. The third-order valence-electron chi connectivity index (χ3n) is 2.01. The van der Waals surface area contributed by atoms with Gasteiger partial charge in [0.05, 0.1) is 18.8 Å². The predicted molar refractivity (Wildman–Crippen MR) is 49.9 cm³/mol. The molecule has 2 atom stereocenters. The van der Waals surface area contributed by atoms with E-state index in [2.05, 4.69) is 10.1 Å². The number of morpholine rings is 1. The van der Waals surface area contributed by atoms with Crippen molar-refractivity contribution in [3.8, 4) is 0 Å². The molecule has 1 aliphatic heterocycles. The Morgan fingerprint density at radius 2 is 2.08 bits per heavy atom. The molecule has 0 saturated carbocycles. The Balaban J connectivity index is 2.41. The van der Waals surface area contributed by atoms with Gasteiger partial charge in [0.15, 0.2) is 5.84 Å². The van der Waals surface area contributed by atoms with Crippen molar-refractivity contribution in [3.05, 3.63) is 0 Å². The number of nitrogens with two attached hydrogens (primary N) is 1. The lowest BCUT2D eigenvalue weighted by Crippen LogP contribution is -2.48. The monoisotopic (exact) mass is 187 g/mol. The average Bonchev–Trinajstić information content (AvgIpc) is 2.02. The SMILES string of the molecule is C[C@@H]1CN(C/C(N)=N/O)C[C@H](C)O1. The second-order valence-electron chi connectivity index (χ2n) is 3.54. The van der Waals surface area contributed by atoms with E-state index in [1.165, 1.54) is 0 Å². The summed E-state index contributed by atoms with van der Waals surface area (Å²) in [5.41, 5.74) is 5.41. The van der Waals surface area contributed by atoms with E-state index in [0.29, 0.717) is 6.54 Å². The van der Waals surface area contributed by atoms with Crippen LogP contribution in [0.2, 0.25) is 0 Å². The Morgan fingerprint density at radius 1 is 1.54 bits per heavy atom. The third kappa shape index (κ3) is 3.20. The number of amidine groups is 1. The van der Waals surface area contributed by atoms with Crippen LogP contribution in [0.4, 0.5) is 0 Å². The highest BCUT2D eigenvalue weighted by molar-refractivity contribution is 5.81. The van der Waals surface area contributed by atoms with E-state index in [1.54, 1.807) is 0 Å². The molecule has 1 aliphatic rings. The molecular weight excluding hydrogens is 170 g/mol. The summed E-state index contributed by atoms with van der Waals surface area (Å²) in [5.74, 6) is 0.251. The number of rotatable bonds is 2. The Morgan fingerprint density at radius 3 is 2.54 bits per heavy atom. The molecule has 5 nitrogen and oxygen atoms in total. The summed E-state index contributed by atoms with van der Waals surface area (Å²) in [4.78, 5) is 2.12. The number of hydrogen-bond acceptors (Lipinski definition) is 4. The van der Waals surface area contributed by atoms with Gasteiger partial charge in [-0.15, -0.1) is 0 Å². The lowest BCUT2D eigenvalue weighted by atomic mass is 10.2. The highest BCUT2D eigenvalue weighted by Gasteiger charge is 2.22. The molecule has 1 rings (SSSR count). The highest BCUT2D eigenvalue weighted by atomic mass is 16.5. The van der Waals surface area contributed by atoms with E-state index in [1.807, 2.05) is 13.8 Å². The maximum absolute atomic E-state index is 8.40. The molecule has 76 valence electrons. The number of nitrogens with zero attached hydrogens (tertiary/aromatic N) is 2. The van der Waals surface area contributed by atoms with Crippen LogP contribution in [0.3, 0.4) is 0 Å². The molecule has 0 unspecified atom stereocenters. The minimum atomic E-state index is 0.218. The van der Waals surface area contributed by atoms with Crippen molar-refractivity contribution in [2.75, 3.05) is 19.6 Å². The Labute approximate surface area is 78.1 Å². The minimum absolute atomic E-state index is 0.218. The van der Waals surface area contributed by atoms with Crippen LogP contribution in [-0.2, 0) is 4.74 Å². The summed E-state index contributed by atoms with van der Waals surface area (Å²) in [7, 11) is 0. The van der Waals surface area contributed by atoms with Crippen LogP contribution in [0.15, 0.2) is 5.16 Å². The first-order valence-corrected chi connectivity index (χ1v) is 4.46. The largest absolute Gasteiger partial charge is 0.409 e. The third-order valence-corrected chi connectivity index (χ3v) is 2.01. The molecule has 1 fully saturated rings. The Hall–Kier alpha value is -0.810. The van der Waals surface area contributed by atoms with E-state index in [4.69, 9.17) is 15.7 Å². The van der Waals surface area contributed by atoms with Gasteiger partial charge in [0.1, 0.15) is 0 Å². The zero-order chi connectivity index (χ0) is 9.84. The lowest BCUT2D eigenvalue weighted by molar-refractivity contribution is -0.0636. The van der Waals surface area contributed by atoms with Gasteiger partial charge in [-0.2, -0.15) is 0 Å². The van der Waals surface area contributed by atoms with Gasteiger partial charge in [0.2, 0.25) is 0 Å². The highest BCUT2D eigenvalue weighted by Crippen LogP contribution is 2.09. The molecule has 0 radical (unpaired) electrons. The first-order chi connectivity index (χ1) is 6.11. The molecule has 0 bridgehead atoms. The normalized spacial score (nSPS) is 32.0. The molecule has 5 heteroatoms. The van der Waals surface area contributed by atoms with Gasteiger partial charge in [-0.1, -0.05) is 5.16 Å². The van der Waals surface area contributed by atoms with Gasteiger partial charge in [-0.05, 0) is 13.8 Å². The smallest absolute Gasteiger partial charge is 0.153 e. The molecule has 3 N–H and O–H groups in total. The van der Waals surface area contributed by atoms with Crippen molar-refractivity contribution in [2.45, 2.75) is 26.1 Å². The maximum atomic E-state index is 8.40. The zero-order valence-corrected chi connectivity index (χ0v) is 8.10. The second kappa shape index (κ2) is 4.43. The number of oxime groups is 1. The molecule has 13 heavy (non-hydrogen) atoms. The van der Waals surface area contributed by atoms with Crippen molar-refractivity contribution >= 4 is 5.84 Å². The summed E-state index contributed by atoms with van der Waals surface area (Å²) in [6.45, 7) is 6.22. The van der Waals surface area contributed by atoms with E-state index in [0.717, 1.165) is 13.1 Å². The Kier molecular flexibility index (Phi) is 3.50. The van der Waals surface area contributed by atoms with Crippen LogP contribution in [0.25, 0.3) is 0 Å². The number of hydrogen-bond donors (Lipinski definition) is 2. The zero-order valence-electron chi connectivity index (χ0n) is 8.10. The van der Waals surface area contributed by atoms with Crippen molar-refractivity contribution in [1.82, 2.24) is 4.90 Å². The summed E-state index contributed by atoms with van der Waals surface area (Å²) >= 11 is 0. The fraction of sp³-hybridized carbons (Fsp3) is 0.875. The van der Waals surface area contributed by atoms with Crippen LogP contribution in [0.1, 0.15) is 13.8 Å². The molecule has 0 amide bonds. The van der Waals surface area contributed by atoms with Crippen LogP contribution in [0.5, 0.6) is 0 Å². The topological polar surface area (TPSA) is 71.1 Å². The van der Waals surface area contributed by atoms with Crippen LogP contribution < -0.4 is 5.73 Å². The van der Waals surface area contributed by atoms with Gasteiger partial charge < -0.3 is 15.7 Å². The summed E-state index contributed by atoms with van der Waals surface area (Å²) in [5, 5.41) is 11.3. The van der Waals surface area contributed by atoms with Crippen LogP contribution >= 0.6 is 0 Å². The molecular formula is C8H17N3O2. The predicted octanol–water partition coefficient (Wildman–Crippen LogP) is -0.158. The van der Waals surface area contributed by atoms with Crippen molar-refractivity contribution in [1.29, 1.82) is 0 Å². The van der Waals surface area contributed by atoms with E-state index >= 15 is 0 Å². The quantitative estimate of drug-likeness (QED) is 0.273. The Bertz CT molecular complexity index is 186. The van der Waals surface area contributed by atoms with Crippen LogP contribution in [-0.4, -0.2) is 47.8 Å². The summed E-state index contributed by atoms with van der Waals surface area (Å²) in [6, 6.07) is 0. The van der Waals surface area contributed by atoms with Gasteiger partial charge in [-0.3, -0.25) is 4.90 Å².